The second-order valence-corrected chi connectivity index (χ2v) is 6.76. The minimum Gasteiger partial charge on any atom is -0.378 e. The number of morpholine rings is 2. The van der Waals surface area contributed by atoms with Gasteiger partial charge in [0, 0.05) is 31.1 Å². The van der Waals surface area contributed by atoms with E-state index in [2.05, 4.69) is 15.9 Å². The summed E-state index contributed by atoms with van der Waals surface area (Å²) >= 11 is 0. The maximum atomic E-state index is 11.3. The van der Waals surface area contributed by atoms with E-state index < -0.39 is 0 Å². The molecule has 2 fully saturated rings. The molecule has 0 bridgehead atoms. The third-order valence-electron chi connectivity index (χ3n) is 4.87. The van der Waals surface area contributed by atoms with Gasteiger partial charge in [-0.1, -0.05) is 29.8 Å². The van der Waals surface area contributed by atoms with E-state index in [1.54, 1.807) is 0 Å². The maximum Gasteiger partial charge on any atom is 0.214 e. The molecular weight excluding hydrogens is 334 g/mol. The van der Waals surface area contributed by atoms with Crippen molar-refractivity contribution in [2.75, 3.05) is 59.2 Å². The predicted octanol–water partition coefficient (Wildman–Crippen LogP) is 1.86. The lowest BCUT2D eigenvalue weighted by atomic mass is 9.97. The number of aryl methyl sites for hydroxylation is 1. The molecule has 0 amide bonds. The Labute approximate surface area is 154 Å². The number of hydrogen-bond acceptors (Lipinski definition) is 6. The van der Waals surface area contributed by atoms with Crippen LogP contribution >= 0.6 is 0 Å². The summed E-state index contributed by atoms with van der Waals surface area (Å²) in [5.41, 5.74) is 2.13. The molecule has 0 spiro atoms. The first-order valence-corrected chi connectivity index (χ1v) is 9.19. The molecule has 7 heteroatoms. The van der Waals surface area contributed by atoms with Gasteiger partial charge in [0.15, 0.2) is 0 Å². The Morgan fingerprint density at radius 2 is 1.58 bits per heavy atom. The van der Waals surface area contributed by atoms with Crippen molar-refractivity contribution < 1.29 is 14.4 Å². The molecule has 2 saturated heterocycles. The number of nitro groups is 1. The minimum atomic E-state index is -0.258. The third kappa shape index (κ3) is 4.95. The van der Waals surface area contributed by atoms with Crippen molar-refractivity contribution in [2.45, 2.75) is 12.8 Å². The molecule has 2 heterocycles. The zero-order chi connectivity index (χ0) is 18.4. The van der Waals surface area contributed by atoms with Crippen LogP contribution in [0, 0.1) is 17.0 Å². The summed E-state index contributed by atoms with van der Waals surface area (Å²) in [6.07, 6.45) is 2.07. The summed E-state index contributed by atoms with van der Waals surface area (Å²) in [5.74, 6) is 0.815. The van der Waals surface area contributed by atoms with Crippen molar-refractivity contribution in [3.63, 3.8) is 0 Å². The average Bonchev–Trinajstić information content (AvgIpc) is 2.67. The molecule has 3 rings (SSSR count). The molecule has 2 aliphatic heterocycles. The van der Waals surface area contributed by atoms with Crippen molar-refractivity contribution in [3.05, 3.63) is 57.4 Å². The first-order chi connectivity index (χ1) is 12.6. The van der Waals surface area contributed by atoms with Crippen molar-refractivity contribution >= 4 is 0 Å². The van der Waals surface area contributed by atoms with Crippen molar-refractivity contribution in [1.29, 1.82) is 0 Å². The van der Waals surface area contributed by atoms with Gasteiger partial charge in [-0.15, -0.1) is 0 Å². The predicted molar refractivity (Wildman–Crippen MR) is 98.6 cm³/mol. The molecule has 26 heavy (non-hydrogen) atoms. The van der Waals surface area contributed by atoms with Gasteiger partial charge < -0.3 is 19.3 Å². The van der Waals surface area contributed by atoms with E-state index in [0.29, 0.717) is 26.4 Å². The van der Waals surface area contributed by atoms with E-state index >= 15 is 0 Å². The van der Waals surface area contributed by atoms with E-state index in [1.165, 1.54) is 0 Å². The van der Waals surface area contributed by atoms with Crippen LogP contribution in [0.2, 0.25) is 0 Å². The van der Waals surface area contributed by atoms with Gasteiger partial charge in [0.25, 0.3) is 0 Å². The molecule has 0 aliphatic carbocycles. The third-order valence-corrected chi connectivity index (χ3v) is 4.87. The zero-order valence-corrected chi connectivity index (χ0v) is 15.3. The molecular formula is C19H27N3O4. The molecule has 1 aromatic rings. The van der Waals surface area contributed by atoms with Gasteiger partial charge in [-0.05, 0) is 18.6 Å². The van der Waals surface area contributed by atoms with Gasteiger partial charge in [0.1, 0.15) is 5.82 Å². The number of hydrogen-bond donors (Lipinski definition) is 0. The number of benzene rings is 1. The summed E-state index contributed by atoms with van der Waals surface area (Å²) in [7, 11) is 0. The Balaban J connectivity index is 1.91. The Bertz CT molecular complexity index is 600. The standard InChI is InChI=1S/C19H27N3O4/c1-16-2-4-17(5-3-16)18(15-22(23)24)14-19(20-6-10-25-11-7-20)21-8-12-26-13-9-21/h2-5,14,18H,6-13,15H2,1H3. The highest BCUT2D eigenvalue weighted by Crippen LogP contribution is 2.24. The van der Waals surface area contributed by atoms with E-state index in [4.69, 9.17) is 9.47 Å². The van der Waals surface area contributed by atoms with Crippen LogP contribution in [0.15, 0.2) is 36.2 Å². The Kier molecular flexibility index (Phi) is 6.46. The molecule has 0 saturated carbocycles. The average molecular weight is 361 g/mol. The molecule has 2 aliphatic rings. The molecule has 0 N–H and O–H groups in total. The van der Waals surface area contributed by atoms with E-state index in [9.17, 15) is 10.1 Å². The normalized spacial score (nSPS) is 19.1. The monoisotopic (exact) mass is 361 g/mol. The molecule has 0 aromatic heterocycles. The quantitative estimate of drug-likeness (QED) is 0.569. The van der Waals surface area contributed by atoms with Crippen LogP contribution in [0.5, 0.6) is 0 Å². The van der Waals surface area contributed by atoms with Gasteiger partial charge >= 0.3 is 0 Å². The SMILES string of the molecule is Cc1ccc(C(C=C(N2CCOCC2)N2CCOCC2)C[N+](=O)[O-])cc1. The molecule has 1 unspecified atom stereocenters. The number of ether oxygens (including phenoxy) is 2. The number of rotatable bonds is 6. The second-order valence-electron chi connectivity index (χ2n) is 6.76. The lowest BCUT2D eigenvalue weighted by Gasteiger charge is -2.40. The smallest absolute Gasteiger partial charge is 0.214 e. The highest BCUT2D eigenvalue weighted by atomic mass is 16.6. The van der Waals surface area contributed by atoms with E-state index in [0.717, 1.165) is 43.1 Å². The molecule has 142 valence electrons. The summed E-state index contributed by atoms with van der Waals surface area (Å²) in [4.78, 5) is 15.6. The highest BCUT2D eigenvalue weighted by molar-refractivity contribution is 5.28. The van der Waals surface area contributed by atoms with Crippen molar-refractivity contribution in [1.82, 2.24) is 9.80 Å². The van der Waals surface area contributed by atoms with Gasteiger partial charge in [0.05, 0.1) is 32.3 Å². The number of nitrogens with zero attached hydrogens (tertiary/aromatic N) is 3. The first-order valence-electron chi connectivity index (χ1n) is 9.19. The fraction of sp³-hybridized carbons (Fsp3) is 0.579. The topological polar surface area (TPSA) is 68.1 Å². The van der Waals surface area contributed by atoms with Crippen LogP contribution in [0.3, 0.4) is 0 Å². The van der Waals surface area contributed by atoms with E-state index in [1.807, 2.05) is 31.2 Å². The zero-order valence-electron chi connectivity index (χ0n) is 15.3. The van der Waals surface area contributed by atoms with Crippen LogP contribution in [0.1, 0.15) is 17.0 Å². The Hall–Kier alpha value is -2.12. The van der Waals surface area contributed by atoms with E-state index in [-0.39, 0.29) is 17.4 Å². The summed E-state index contributed by atoms with van der Waals surface area (Å²) in [5, 5.41) is 11.3. The first kappa shape index (κ1) is 18.7. The van der Waals surface area contributed by atoms with Gasteiger partial charge in [-0.3, -0.25) is 10.1 Å². The van der Waals surface area contributed by atoms with Crippen LogP contribution in [0.4, 0.5) is 0 Å². The lowest BCUT2D eigenvalue weighted by molar-refractivity contribution is -0.481. The Morgan fingerprint density at radius 3 is 2.04 bits per heavy atom. The molecule has 1 atom stereocenters. The van der Waals surface area contributed by atoms with Crippen LogP contribution < -0.4 is 0 Å². The van der Waals surface area contributed by atoms with Crippen LogP contribution in [0.25, 0.3) is 0 Å². The maximum absolute atomic E-state index is 11.3. The minimum absolute atomic E-state index is 0.110. The summed E-state index contributed by atoms with van der Waals surface area (Å²) in [6.45, 7) is 7.89. The van der Waals surface area contributed by atoms with Gasteiger partial charge in [-0.25, -0.2) is 0 Å². The fourth-order valence-electron chi connectivity index (χ4n) is 3.40. The van der Waals surface area contributed by atoms with Crippen molar-refractivity contribution in [2.24, 2.45) is 0 Å². The van der Waals surface area contributed by atoms with Crippen molar-refractivity contribution in [3.8, 4) is 0 Å². The lowest BCUT2D eigenvalue weighted by Crippen LogP contribution is -2.46. The fourth-order valence-corrected chi connectivity index (χ4v) is 3.40. The summed E-state index contributed by atoms with van der Waals surface area (Å²) < 4.78 is 11.0. The molecule has 0 radical (unpaired) electrons. The highest BCUT2D eigenvalue weighted by Gasteiger charge is 2.25. The largest absolute Gasteiger partial charge is 0.378 e. The Morgan fingerprint density at radius 1 is 1.08 bits per heavy atom. The van der Waals surface area contributed by atoms with Crippen LogP contribution in [-0.4, -0.2) is 73.9 Å². The van der Waals surface area contributed by atoms with Gasteiger partial charge in [0.2, 0.25) is 6.54 Å². The molecule has 7 nitrogen and oxygen atoms in total. The molecule has 1 aromatic carbocycles. The second kappa shape index (κ2) is 9.00. The summed E-state index contributed by atoms with van der Waals surface area (Å²) in [6, 6.07) is 8.02. The van der Waals surface area contributed by atoms with Gasteiger partial charge in [-0.2, -0.15) is 0 Å². The van der Waals surface area contributed by atoms with Crippen LogP contribution in [-0.2, 0) is 9.47 Å².